The fourth-order valence-electron chi connectivity index (χ4n) is 2.53. The maximum Gasteiger partial charge on any atom is 0.405 e. The van der Waals surface area contributed by atoms with Crippen molar-refractivity contribution in [1.82, 2.24) is 10.3 Å². The molecule has 150 valence electrons. The zero-order valence-corrected chi connectivity index (χ0v) is 15.8. The normalized spacial score (nSPS) is 11.1. The monoisotopic (exact) mass is 419 g/mol. The zero-order valence-electron chi connectivity index (χ0n) is 15.0. The first-order valence-corrected chi connectivity index (χ1v) is 9.43. The first-order chi connectivity index (χ1) is 13.8. The first-order valence-electron chi connectivity index (χ1n) is 8.55. The number of hydrogen-bond acceptors (Lipinski definition) is 4. The number of amides is 2. The smallest absolute Gasteiger partial charge is 0.343 e. The average Bonchev–Trinajstić information content (AvgIpc) is 3.15. The molecule has 5 nitrogen and oxygen atoms in total. The van der Waals surface area contributed by atoms with Crippen molar-refractivity contribution in [2.45, 2.75) is 12.6 Å². The van der Waals surface area contributed by atoms with Crippen LogP contribution in [-0.2, 0) is 11.2 Å². The van der Waals surface area contributed by atoms with Gasteiger partial charge in [0, 0.05) is 10.9 Å². The van der Waals surface area contributed by atoms with E-state index in [-0.39, 0.29) is 17.7 Å². The van der Waals surface area contributed by atoms with Crippen LogP contribution in [0.1, 0.15) is 16.1 Å². The van der Waals surface area contributed by atoms with Gasteiger partial charge in [0.05, 0.1) is 23.4 Å². The Balaban J connectivity index is 1.66. The Hall–Kier alpha value is -3.20. The van der Waals surface area contributed by atoms with Crippen LogP contribution in [0.4, 0.5) is 18.9 Å². The van der Waals surface area contributed by atoms with Gasteiger partial charge in [-0.05, 0) is 12.1 Å². The molecule has 9 heteroatoms. The molecule has 0 aliphatic carbocycles. The van der Waals surface area contributed by atoms with Gasteiger partial charge in [0.25, 0.3) is 5.91 Å². The number of alkyl halides is 3. The van der Waals surface area contributed by atoms with Crippen molar-refractivity contribution in [3.63, 3.8) is 0 Å². The lowest BCUT2D eigenvalue weighted by atomic mass is 10.1. The lowest BCUT2D eigenvalue weighted by Gasteiger charge is -2.12. The van der Waals surface area contributed by atoms with E-state index in [2.05, 4.69) is 10.3 Å². The largest absolute Gasteiger partial charge is 0.405 e. The van der Waals surface area contributed by atoms with E-state index in [4.69, 9.17) is 0 Å². The molecule has 0 aliphatic rings. The third kappa shape index (κ3) is 5.89. The van der Waals surface area contributed by atoms with Crippen molar-refractivity contribution in [2.75, 3.05) is 11.9 Å². The van der Waals surface area contributed by atoms with E-state index >= 15 is 0 Å². The van der Waals surface area contributed by atoms with Crippen LogP contribution >= 0.6 is 11.3 Å². The number of aromatic nitrogens is 1. The predicted molar refractivity (Wildman–Crippen MR) is 105 cm³/mol. The summed E-state index contributed by atoms with van der Waals surface area (Å²) in [7, 11) is 0. The van der Waals surface area contributed by atoms with Gasteiger partial charge < -0.3 is 10.6 Å². The predicted octanol–water partition coefficient (Wildman–Crippen LogP) is 4.28. The summed E-state index contributed by atoms with van der Waals surface area (Å²) in [4.78, 5) is 28.8. The molecule has 2 amide bonds. The molecule has 29 heavy (non-hydrogen) atoms. The third-order valence-electron chi connectivity index (χ3n) is 3.81. The molecule has 1 heterocycles. The van der Waals surface area contributed by atoms with Gasteiger partial charge >= 0.3 is 6.18 Å². The number of rotatable bonds is 6. The molecule has 3 rings (SSSR count). The molecule has 0 fully saturated rings. The summed E-state index contributed by atoms with van der Waals surface area (Å²) in [5.41, 5.74) is 1.59. The summed E-state index contributed by atoms with van der Waals surface area (Å²) in [6, 6.07) is 15.4. The second-order valence-electron chi connectivity index (χ2n) is 6.08. The van der Waals surface area contributed by atoms with E-state index in [1.54, 1.807) is 16.8 Å². The average molecular weight is 419 g/mol. The highest BCUT2D eigenvalue weighted by atomic mass is 32.1. The van der Waals surface area contributed by atoms with Crippen molar-refractivity contribution in [3.05, 3.63) is 71.2 Å². The fourth-order valence-corrected chi connectivity index (χ4v) is 3.35. The summed E-state index contributed by atoms with van der Waals surface area (Å²) < 4.78 is 37.0. The van der Waals surface area contributed by atoms with Gasteiger partial charge in [-0.15, -0.1) is 11.3 Å². The number of thiazole rings is 1. The Bertz CT molecular complexity index is 1000. The Morgan fingerprint density at radius 3 is 2.41 bits per heavy atom. The SMILES string of the molecule is O=C(Cc1csc(-c2ccccc2)n1)Nc1ccccc1C(=O)NCC(F)(F)F. The minimum atomic E-state index is -4.52. The number of carbonyl (C=O) groups is 2. The quantitative estimate of drug-likeness (QED) is 0.626. The minimum Gasteiger partial charge on any atom is -0.343 e. The molecule has 0 atom stereocenters. The van der Waals surface area contributed by atoms with Crippen LogP contribution in [0.5, 0.6) is 0 Å². The van der Waals surface area contributed by atoms with Gasteiger partial charge in [-0.2, -0.15) is 13.2 Å². The van der Waals surface area contributed by atoms with Crippen molar-refractivity contribution >= 4 is 28.8 Å². The summed E-state index contributed by atoms with van der Waals surface area (Å²) in [6.45, 7) is -1.45. The minimum absolute atomic E-state index is 0.0260. The molecular weight excluding hydrogens is 403 g/mol. The molecule has 2 aromatic carbocycles. The van der Waals surface area contributed by atoms with E-state index < -0.39 is 24.5 Å². The summed E-state index contributed by atoms with van der Waals surface area (Å²) in [5, 5.41) is 6.91. The maximum absolute atomic E-state index is 12.4. The van der Waals surface area contributed by atoms with Crippen LogP contribution < -0.4 is 10.6 Å². The van der Waals surface area contributed by atoms with Crippen LogP contribution in [-0.4, -0.2) is 29.5 Å². The summed E-state index contributed by atoms with van der Waals surface area (Å²) in [6.07, 6.45) is -4.54. The van der Waals surface area contributed by atoms with E-state index in [1.165, 1.54) is 29.5 Å². The molecule has 0 saturated heterocycles. The Morgan fingerprint density at radius 1 is 1.00 bits per heavy atom. The van der Waals surface area contributed by atoms with Crippen LogP contribution in [0.25, 0.3) is 10.6 Å². The number of halogens is 3. The molecule has 0 unspecified atom stereocenters. The van der Waals surface area contributed by atoms with Crippen molar-refractivity contribution in [1.29, 1.82) is 0 Å². The molecule has 0 spiro atoms. The van der Waals surface area contributed by atoms with Gasteiger partial charge in [-0.25, -0.2) is 4.98 Å². The zero-order chi connectivity index (χ0) is 20.9. The van der Waals surface area contributed by atoms with Crippen LogP contribution in [0.15, 0.2) is 60.0 Å². The molecule has 2 N–H and O–H groups in total. The molecule has 0 saturated carbocycles. The highest BCUT2D eigenvalue weighted by Gasteiger charge is 2.28. The first kappa shape index (κ1) is 20.5. The van der Waals surface area contributed by atoms with E-state index in [9.17, 15) is 22.8 Å². The van der Waals surface area contributed by atoms with Crippen LogP contribution in [0, 0.1) is 0 Å². The number of nitrogens with one attached hydrogen (secondary N) is 2. The van der Waals surface area contributed by atoms with E-state index in [0.29, 0.717) is 5.69 Å². The standard InChI is InChI=1S/C20H16F3N3O2S/c21-20(22,23)12-24-18(28)15-8-4-5-9-16(15)26-17(27)10-14-11-29-19(25-14)13-6-2-1-3-7-13/h1-9,11H,10,12H2,(H,24,28)(H,26,27). The lowest BCUT2D eigenvalue weighted by Crippen LogP contribution is -2.34. The van der Waals surface area contributed by atoms with Crippen molar-refractivity contribution < 1.29 is 22.8 Å². The number of benzene rings is 2. The Labute approximate surface area is 168 Å². The summed E-state index contributed by atoms with van der Waals surface area (Å²) >= 11 is 1.41. The lowest BCUT2D eigenvalue weighted by molar-refractivity contribution is -0.123. The Kier molecular flexibility index (Phi) is 6.28. The van der Waals surface area contributed by atoms with Crippen LogP contribution in [0.2, 0.25) is 0 Å². The highest BCUT2D eigenvalue weighted by Crippen LogP contribution is 2.24. The topological polar surface area (TPSA) is 71.1 Å². The maximum atomic E-state index is 12.4. The van der Waals surface area contributed by atoms with Gasteiger partial charge in [0.1, 0.15) is 11.6 Å². The van der Waals surface area contributed by atoms with E-state index in [0.717, 1.165) is 10.6 Å². The molecule has 0 bridgehead atoms. The van der Waals surface area contributed by atoms with Crippen LogP contribution in [0.3, 0.4) is 0 Å². The number of nitrogens with zero attached hydrogens (tertiary/aromatic N) is 1. The molecule has 3 aromatic rings. The van der Waals surface area contributed by atoms with Crippen molar-refractivity contribution in [2.24, 2.45) is 0 Å². The fraction of sp³-hybridized carbons (Fsp3) is 0.150. The second kappa shape index (κ2) is 8.87. The molecular formula is C20H16F3N3O2S. The molecule has 0 aliphatic heterocycles. The Morgan fingerprint density at radius 2 is 1.69 bits per heavy atom. The number of hydrogen-bond donors (Lipinski definition) is 2. The number of anilines is 1. The van der Waals surface area contributed by atoms with Gasteiger partial charge in [0.15, 0.2) is 0 Å². The van der Waals surface area contributed by atoms with Gasteiger partial charge in [-0.3, -0.25) is 9.59 Å². The molecule has 0 radical (unpaired) electrons. The number of para-hydroxylation sites is 1. The van der Waals surface area contributed by atoms with Gasteiger partial charge in [0.2, 0.25) is 5.91 Å². The number of carbonyl (C=O) groups excluding carboxylic acids is 2. The highest BCUT2D eigenvalue weighted by molar-refractivity contribution is 7.13. The molecule has 1 aromatic heterocycles. The van der Waals surface area contributed by atoms with Gasteiger partial charge in [-0.1, -0.05) is 42.5 Å². The van der Waals surface area contributed by atoms with Crippen molar-refractivity contribution in [3.8, 4) is 10.6 Å². The van der Waals surface area contributed by atoms with E-state index in [1.807, 2.05) is 30.3 Å². The summed E-state index contributed by atoms with van der Waals surface area (Å²) in [5.74, 6) is -1.34. The third-order valence-corrected chi connectivity index (χ3v) is 4.75. The second-order valence-corrected chi connectivity index (χ2v) is 6.94.